The van der Waals surface area contributed by atoms with E-state index in [0.29, 0.717) is 43.8 Å². The molecule has 0 unspecified atom stereocenters. The Morgan fingerprint density at radius 3 is 2.23 bits per heavy atom. The summed E-state index contributed by atoms with van der Waals surface area (Å²) in [6, 6.07) is 11.8. The first-order valence-electron chi connectivity index (χ1n) is 9.37. The Kier molecular flexibility index (Phi) is 7.74. The van der Waals surface area contributed by atoms with Gasteiger partial charge in [-0.2, -0.15) is 0 Å². The molecule has 2 aromatic carbocycles. The molecular formula is C23H21Cl2NO5. The van der Waals surface area contributed by atoms with Crippen molar-refractivity contribution in [1.82, 2.24) is 4.98 Å². The van der Waals surface area contributed by atoms with Crippen molar-refractivity contribution in [2.45, 2.75) is 19.1 Å². The standard InChI is InChI=1S/C23H21Cl2NO5/c1-29-20-8-7-16(9-22(20)30-2)21(10-17-18(24)11-26-12-19(17)25)31-23(28)15-5-3-14(13-27)4-6-15/h3-9,11-12,21,27H,10,13H2,1-2H3/t21-/m0/s1. The largest absolute Gasteiger partial charge is 0.493 e. The minimum absolute atomic E-state index is 0.108. The van der Waals surface area contributed by atoms with Crippen LogP contribution in [0.1, 0.15) is 33.2 Å². The van der Waals surface area contributed by atoms with Gasteiger partial charge in [-0.15, -0.1) is 0 Å². The van der Waals surface area contributed by atoms with Gasteiger partial charge >= 0.3 is 5.97 Å². The van der Waals surface area contributed by atoms with Crippen LogP contribution in [0.4, 0.5) is 0 Å². The summed E-state index contributed by atoms with van der Waals surface area (Å²) in [7, 11) is 3.07. The molecule has 162 valence electrons. The fraction of sp³-hybridized carbons (Fsp3) is 0.217. The van der Waals surface area contributed by atoms with Gasteiger partial charge in [-0.25, -0.2) is 4.79 Å². The fourth-order valence-electron chi connectivity index (χ4n) is 3.04. The number of carbonyl (C=O) groups is 1. The molecule has 1 N–H and O–H groups in total. The molecule has 0 saturated heterocycles. The minimum atomic E-state index is -0.706. The van der Waals surface area contributed by atoms with Gasteiger partial charge in [-0.3, -0.25) is 4.98 Å². The minimum Gasteiger partial charge on any atom is -0.493 e. The number of aliphatic hydroxyl groups excluding tert-OH is 1. The zero-order valence-corrected chi connectivity index (χ0v) is 18.5. The Labute approximate surface area is 190 Å². The molecule has 0 bridgehead atoms. The summed E-state index contributed by atoms with van der Waals surface area (Å²) >= 11 is 12.6. The zero-order chi connectivity index (χ0) is 22.4. The van der Waals surface area contributed by atoms with Crippen LogP contribution in [0.3, 0.4) is 0 Å². The van der Waals surface area contributed by atoms with Gasteiger partial charge in [0.1, 0.15) is 6.10 Å². The van der Waals surface area contributed by atoms with Crippen molar-refractivity contribution in [3.8, 4) is 11.5 Å². The van der Waals surface area contributed by atoms with E-state index in [-0.39, 0.29) is 13.0 Å². The lowest BCUT2D eigenvalue weighted by Gasteiger charge is -2.21. The van der Waals surface area contributed by atoms with E-state index in [1.165, 1.54) is 19.5 Å². The van der Waals surface area contributed by atoms with Gasteiger partial charge in [-0.05, 0) is 41.0 Å². The first kappa shape index (κ1) is 22.9. The van der Waals surface area contributed by atoms with Crippen molar-refractivity contribution >= 4 is 29.2 Å². The third-order valence-corrected chi connectivity index (χ3v) is 5.39. The number of aromatic nitrogens is 1. The summed E-state index contributed by atoms with van der Waals surface area (Å²) in [4.78, 5) is 16.8. The number of rotatable bonds is 8. The molecule has 1 heterocycles. The Balaban J connectivity index is 1.96. The molecule has 0 aliphatic rings. The number of pyridine rings is 1. The average molecular weight is 462 g/mol. The smallest absolute Gasteiger partial charge is 0.338 e. The maximum absolute atomic E-state index is 12.8. The molecule has 3 rings (SSSR count). The number of ether oxygens (including phenoxy) is 3. The SMILES string of the molecule is COc1ccc([C@H](Cc2c(Cl)cncc2Cl)OC(=O)c2ccc(CO)cc2)cc1OC. The highest BCUT2D eigenvalue weighted by atomic mass is 35.5. The monoisotopic (exact) mass is 461 g/mol. The highest BCUT2D eigenvalue weighted by Gasteiger charge is 2.23. The Morgan fingerprint density at radius 1 is 1.00 bits per heavy atom. The normalized spacial score (nSPS) is 11.6. The van der Waals surface area contributed by atoms with Crippen LogP contribution in [0, 0.1) is 0 Å². The molecule has 1 aromatic heterocycles. The summed E-state index contributed by atoms with van der Waals surface area (Å²) < 4.78 is 16.5. The van der Waals surface area contributed by atoms with Crippen LogP contribution in [0.25, 0.3) is 0 Å². The molecule has 0 saturated carbocycles. The van der Waals surface area contributed by atoms with Gasteiger partial charge < -0.3 is 19.3 Å². The number of benzene rings is 2. The molecule has 0 radical (unpaired) electrons. The first-order valence-corrected chi connectivity index (χ1v) is 10.1. The predicted molar refractivity (Wildman–Crippen MR) is 118 cm³/mol. The second-order valence-corrected chi connectivity index (χ2v) is 7.46. The van der Waals surface area contributed by atoms with Crippen molar-refractivity contribution in [2.24, 2.45) is 0 Å². The quantitative estimate of drug-likeness (QED) is 0.473. The van der Waals surface area contributed by atoms with Crippen molar-refractivity contribution in [3.05, 3.63) is 87.2 Å². The van der Waals surface area contributed by atoms with E-state index in [1.807, 2.05) is 0 Å². The van der Waals surface area contributed by atoms with Crippen molar-refractivity contribution in [3.63, 3.8) is 0 Å². The van der Waals surface area contributed by atoms with E-state index < -0.39 is 12.1 Å². The molecule has 0 spiro atoms. The molecule has 1 atom stereocenters. The number of nitrogens with zero attached hydrogens (tertiary/aromatic N) is 1. The van der Waals surface area contributed by atoms with Crippen LogP contribution in [0.15, 0.2) is 54.9 Å². The lowest BCUT2D eigenvalue weighted by Crippen LogP contribution is -2.15. The molecule has 0 aliphatic carbocycles. The highest BCUT2D eigenvalue weighted by molar-refractivity contribution is 6.35. The van der Waals surface area contributed by atoms with Crippen LogP contribution in [-0.4, -0.2) is 30.3 Å². The van der Waals surface area contributed by atoms with Crippen LogP contribution in [0.5, 0.6) is 11.5 Å². The maximum atomic E-state index is 12.8. The van der Waals surface area contributed by atoms with E-state index in [1.54, 1.807) is 49.6 Å². The van der Waals surface area contributed by atoms with E-state index in [4.69, 9.17) is 37.4 Å². The van der Waals surface area contributed by atoms with Crippen LogP contribution in [0.2, 0.25) is 10.0 Å². The molecule has 31 heavy (non-hydrogen) atoms. The predicted octanol–water partition coefficient (Wildman–Crippen LogP) is 5.04. The molecule has 0 fully saturated rings. The second kappa shape index (κ2) is 10.5. The molecule has 6 nitrogen and oxygen atoms in total. The maximum Gasteiger partial charge on any atom is 0.338 e. The number of aliphatic hydroxyl groups is 1. The van der Waals surface area contributed by atoms with Gasteiger partial charge in [0.25, 0.3) is 0 Å². The Morgan fingerprint density at radius 2 is 1.65 bits per heavy atom. The summed E-state index contributed by atoms with van der Waals surface area (Å²) in [6.07, 6.45) is 2.51. The molecule has 0 aliphatic heterocycles. The van der Waals surface area contributed by atoms with Crippen LogP contribution in [-0.2, 0) is 17.8 Å². The van der Waals surface area contributed by atoms with E-state index in [9.17, 15) is 9.90 Å². The van der Waals surface area contributed by atoms with Gasteiger partial charge in [0.2, 0.25) is 0 Å². The number of carbonyl (C=O) groups excluding carboxylic acids is 1. The summed E-state index contributed by atoms with van der Waals surface area (Å²) in [5, 5.41) is 9.95. The van der Waals surface area contributed by atoms with E-state index in [2.05, 4.69) is 4.98 Å². The molecule has 8 heteroatoms. The van der Waals surface area contributed by atoms with Crippen molar-refractivity contribution < 1.29 is 24.1 Å². The summed E-state index contributed by atoms with van der Waals surface area (Å²) in [5.74, 6) is 0.529. The summed E-state index contributed by atoms with van der Waals surface area (Å²) in [6.45, 7) is -0.108. The lowest BCUT2D eigenvalue weighted by atomic mass is 10.0. The third kappa shape index (κ3) is 5.47. The number of halogens is 2. The second-order valence-electron chi connectivity index (χ2n) is 6.65. The number of hydrogen-bond donors (Lipinski definition) is 1. The van der Waals surface area contributed by atoms with Crippen LogP contribution >= 0.6 is 23.2 Å². The molecular weight excluding hydrogens is 441 g/mol. The molecule has 3 aromatic rings. The first-order chi connectivity index (χ1) is 15.0. The zero-order valence-electron chi connectivity index (χ0n) is 17.0. The van der Waals surface area contributed by atoms with Gasteiger partial charge in [-0.1, -0.05) is 41.4 Å². The fourth-order valence-corrected chi connectivity index (χ4v) is 3.56. The number of methoxy groups -OCH3 is 2. The Bertz CT molecular complexity index is 1040. The molecule has 0 amide bonds. The topological polar surface area (TPSA) is 77.9 Å². The van der Waals surface area contributed by atoms with Gasteiger partial charge in [0, 0.05) is 18.8 Å². The average Bonchev–Trinajstić information content (AvgIpc) is 2.80. The summed E-state index contributed by atoms with van der Waals surface area (Å²) in [5.41, 5.74) is 2.35. The van der Waals surface area contributed by atoms with Crippen LogP contribution < -0.4 is 9.47 Å². The Hall–Kier alpha value is -2.80. The number of esters is 1. The van der Waals surface area contributed by atoms with Crippen molar-refractivity contribution in [2.75, 3.05) is 14.2 Å². The van der Waals surface area contributed by atoms with E-state index in [0.717, 1.165) is 0 Å². The number of hydrogen-bond acceptors (Lipinski definition) is 6. The van der Waals surface area contributed by atoms with Gasteiger partial charge in [0.15, 0.2) is 11.5 Å². The lowest BCUT2D eigenvalue weighted by molar-refractivity contribution is 0.0297. The van der Waals surface area contributed by atoms with Crippen molar-refractivity contribution in [1.29, 1.82) is 0 Å². The highest BCUT2D eigenvalue weighted by Crippen LogP contribution is 2.35. The van der Waals surface area contributed by atoms with E-state index >= 15 is 0 Å². The van der Waals surface area contributed by atoms with Gasteiger partial charge in [0.05, 0.1) is 36.4 Å². The third-order valence-electron chi connectivity index (χ3n) is 4.74.